The van der Waals surface area contributed by atoms with Gasteiger partial charge in [0.2, 0.25) is 0 Å². The van der Waals surface area contributed by atoms with Gasteiger partial charge in [-0.2, -0.15) is 0 Å². The second-order valence-electron chi connectivity index (χ2n) is 6.13. The summed E-state index contributed by atoms with van der Waals surface area (Å²) in [5.74, 6) is 1.26. The number of pyridine rings is 1. The van der Waals surface area contributed by atoms with Crippen LogP contribution in [0.15, 0.2) is 48.8 Å². The molecule has 132 valence electrons. The Balaban J connectivity index is 1.46. The Bertz CT molecular complexity index is 909. The van der Waals surface area contributed by atoms with Crippen molar-refractivity contribution in [2.45, 2.75) is 25.4 Å². The van der Waals surface area contributed by atoms with Crippen LogP contribution in [0.3, 0.4) is 0 Å². The SMILES string of the molecule is O=C(Nc1cccnc1)NC1CCc2nnc(-c3ccc(F)cc3)n2C1. The first-order chi connectivity index (χ1) is 12.7. The highest BCUT2D eigenvalue weighted by molar-refractivity contribution is 5.89. The summed E-state index contributed by atoms with van der Waals surface area (Å²) in [6.45, 7) is 0.565. The summed E-state index contributed by atoms with van der Waals surface area (Å²) >= 11 is 0. The monoisotopic (exact) mass is 352 g/mol. The van der Waals surface area contributed by atoms with E-state index >= 15 is 0 Å². The van der Waals surface area contributed by atoms with E-state index in [4.69, 9.17) is 0 Å². The van der Waals surface area contributed by atoms with Crippen LogP contribution in [0, 0.1) is 5.82 Å². The molecule has 1 atom stereocenters. The lowest BCUT2D eigenvalue weighted by molar-refractivity contribution is 0.244. The van der Waals surface area contributed by atoms with Gasteiger partial charge in [0.15, 0.2) is 5.82 Å². The topological polar surface area (TPSA) is 84.7 Å². The van der Waals surface area contributed by atoms with Crippen LogP contribution in [0.2, 0.25) is 0 Å². The molecular weight excluding hydrogens is 335 g/mol. The lowest BCUT2D eigenvalue weighted by Crippen LogP contribution is -2.43. The number of fused-ring (bicyclic) bond motifs is 1. The average molecular weight is 352 g/mol. The van der Waals surface area contributed by atoms with Crippen LogP contribution < -0.4 is 10.6 Å². The van der Waals surface area contributed by atoms with E-state index in [0.29, 0.717) is 24.5 Å². The minimum atomic E-state index is -0.293. The van der Waals surface area contributed by atoms with Crippen molar-refractivity contribution in [3.8, 4) is 11.4 Å². The molecule has 2 amide bonds. The molecule has 2 aromatic heterocycles. The molecule has 0 aliphatic carbocycles. The molecule has 0 fully saturated rings. The van der Waals surface area contributed by atoms with E-state index in [2.05, 4.69) is 25.8 Å². The summed E-state index contributed by atoms with van der Waals surface area (Å²) in [7, 11) is 0. The van der Waals surface area contributed by atoms with Gasteiger partial charge in [-0.25, -0.2) is 9.18 Å². The Labute approximate surface area is 149 Å². The van der Waals surface area contributed by atoms with Gasteiger partial charge in [0.1, 0.15) is 11.6 Å². The van der Waals surface area contributed by atoms with Crippen molar-refractivity contribution in [2.24, 2.45) is 0 Å². The zero-order chi connectivity index (χ0) is 17.9. The Morgan fingerprint density at radius 2 is 2.04 bits per heavy atom. The fourth-order valence-corrected chi connectivity index (χ4v) is 3.05. The van der Waals surface area contributed by atoms with Crippen LogP contribution in [-0.2, 0) is 13.0 Å². The Morgan fingerprint density at radius 3 is 2.81 bits per heavy atom. The van der Waals surface area contributed by atoms with Gasteiger partial charge in [0.05, 0.1) is 11.9 Å². The summed E-state index contributed by atoms with van der Waals surface area (Å²) < 4.78 is 15.1. The number of urea groups is 1. The highest BCUT2D eigenvalue weighted by atomic mass is 19.1. The van der Waals surface area contributed by atoms with Crippen molar-refractivity contribution in [3.05, 3.63) is 60.4 Å². The lowest BCUT2D eigenvalue weighted by atomic mass is 10.1. The fourth-order valence-electron chi connectivity index (χ4n) is 3.05. The number of nitrogens with one attached hydrogen (secondary N) is 2. The quantitative estimate of drug-likeness (QED) is 0.759. The number of aromatic nitrogens is 4. The van der Waals surface area contributed by atoms with E-state index in [9.17, 15) is 9.18 Å². The zero-order valence-electron chi connectivity index (χ0n) is 13.9. The molecule has 0 saturated heterocycles. The number of rotatable bonds is 3. The molecule has 0 saturated carbocycles. The van der Waals surface area contributed by atoms with Gasteiger partial charge in [-0.05, 0) is 42.8 Å². The van der Waals surface area contributed by atoms with Crippen molar-refractivity contribution in [1.29, 1.82) is 0 Å². The first kappa shape index (κ1) is 16.2. The second-order valence-corrected chi connectivity index (χ2v) is 6.13. The largest absolute Gasteiger partial charge is 0.333 e. The van der Waals surface area contributed by atoms with Crippen LogP contribution in [0.25, 0.3) is 11.4 Å². The van der Waals surface area contributed by atoms with Crippen molar-refractivity contribution >= 4 is 11.7 Å². The van der Waals surface area contributed by atoms with Crippen LogP contribution >= 0.6 is 0 Å². The third-order valence-corrected chi connectivity index (χ3v) is 4.30. The standard InChI is InChI=1S/C18H17FN6O/c19-13-5-3-12(4-6-13)17-24-23-16-8-7-15(11-25(16)17)22-18(26)21-14-2-1-9-20-10-14/h1-6,9-10,15H,7-8,11H2,(H2,21,22,26). The molecule has 0 radical (unpaired) electrons. The van der Waals surface area contributed by atoms with E-state index < -0.39 is 0 Å². The molecule has 2 N–H and O–H groups in total. The second kappa shape index (κ2) is 6.91. The van der Waals surface area contributed by atoms with Crippen molar-refractivity contribution in [1.82, 2.24) is 25.1 Å². The fraction of sp³-hybridized carbons (Fsp3) is 0.222. The number of hydrogen-bond acceptors (Lipinski definition) is 4. The summed E-state index contributed by atoms with van der Waals surface area (Å²) in [6.07, 6.45) is 4.73. The molecule has 1 aliphatic rings. The van der Waals surface area contributed by atoms with Crippen molar-refractivity contribution in [3.63, 3.8) is 0 Å². The van der Waals surface area contributed by atoms with Crippen LogP contribution in [0.5, 0.6) is 0 Å². The average Bonchev–Trinajstić information content (AvgIpc) is 3.06. The molecular formula is C18H17FN6O. The Kier molecular flexibility index (Phi) is 4.30. The summed E-state index contributed by atoms with van der Waals surface area (Å²) in [4.78, 5) is 16.2. The van der Waals surface area contributed by atoms with Crippen molar-refractivity contribution in [2.75, 3.05) is 5.32 Å². The summed E-state index contributed by atoms with van der Waals surface area (Å²) in [5.41, 5.74) is 1.43. The Morgan fingerprint density at radius 1 is 1.19 bits per heavy atom. The van der Waals surface area contributed by atoms with Gasteiger partial charge in [-0.3, -0.25) is 4.98 Å². The zero-order valence-corrected chi connectivity index (χ0v) is 13.9. The maximum absolute atomic E-state index is 13.2. The molecule has 7 nitrogen and oxygen atoms in total. The highest BCUT2D eigenvalue weighted by Gasteiger charge is 2.24. The third kappa shape index (κ3) is 3.39. The van der Waals surface area contributed by atoms with E-state index in [1.807, 2.05) is 4.57 Å². The van der Waals surface area contributed by atoms with Crippen molar-refractivity contribution < 1.29 is 9.18 Å². The number of carbonyl (C=O) groups is 1. The van der Waals surface area contributed by atoms with Crippen LogP contribution in [0.4, 0.5) is 14.9 Å². The molecule has 3 heterocycles. The number of aryl methyl sites for hydroxylation is 1. The number of halogens is 1. The molecule has 0 bridgehead atoms. The predicted molar refractivity (Wildman–Crippen MR) is 93.9 cm³/mol. The number of amides is 2. The normalized spacial score (nSPS) is 16.0. The number of hydrogen-bond donors (Lipinski definition) is 2. The highest BCUT2D eigenvalue weighted by Crippen LogP contribution is 2.23. The molecule has 1 aromatic carbocycles. The van der Waals surface area contributed by atoms with Gasteiger partial charge in [0, 0.05) is 30.8 Å². The number of carbonyl (C=O) groups excluding carboxylic acids is 1. The number of anilines is 1. The first-order valence-electron chi connectivity index (χ1n) is 8.34. The molecule has 0 spiro atoms. The Hall–Kier alpha value is -3.29. The van der Waals surface area contributed by atoms with E-state index in [1.165, 1.54) is 12.1 Å². The van der Waals surface area contributed by atoms with Gasteiger partial charge in [-0.1, -0.05) is 0 Å². The van der Waals surface area contributed by atoms with Gasteiger partial charge in [0.25, 0.3) is 0 Å². The van der Waals surface area contributed by atoms with Crippen LogP contribution in [-0.4, -0.2) is 31.8 Å². The van der Waals surface area contributed by atoms with E-state index in [0.717, 1.165) is 17.8 Å². The molecule has 1 unspecified atom stereocenters. The molecule has 3 aromatic rings. The first-order valence-corrected chi connectivity index (χ1v) is 8.34. The van der Waals surface area contributed by atoms with Crippen LogP contribution in [0.1, 0.15) is 12.2 Å². The number of nitrogens with zero attached hydrogens (tertiary/aromatic N) is 4. The van der Waals surface area contributed by atoms with E-state index in [1.54, 1.807) is 36.7 Å². The lowest BCUT2D eigenvalue weighted by Gasteiger charge is -2.25. The predicted octanol–water partition coefficient (Wildman–Crippen LogP) is 2.62. The minimum Gasteiger partial charge on any atom is -0.333 e. The maximum Gasteiger partial charge on any atom is 0.319 e. The minimum absolute atomic E-state index is 0.0469. The summed E-state index contributed by atoms with van der Waals surface area (Å²) in [6, 6.07) is 9.37. The van der Waals surface area contributed by atoms with Gasteiger partial charge >= 0.3 is 6.03 Å². The molecule has 26 heavy (non-hydrogen) atoms. The van der Waals surface area contributed by atoms with Gasteiger partial charge in [-0.15, -0.1) is 10.2 Å². The molecule has 4 rings (SSSR count). The maximum atomic E-state index is 13.2. The molecule has 8 heteroatoms. The van der Waals surface area contributed by atoms with Gasteiger partial charge < -0.3 is 15.2 Å². The summed E-state index contributed by atoms with van der Waals surface area (Å²) in [5, 5.41) is 14.2. The van der Waals surface area contributed by atoms with E-state index in [-0.39, 0.29) is 17.9 Å². The smallest absolute Gasteiger partial charge is 0.319 e. The number of benzene rings is 1. The molecule has 1 aliphatic heterocycles. The third-order valence-electron chi connectivity index (χ3n) is 4.30.